The number of likely N-dealkylation sites (N-methyl/N-ethyl adjacent to an activating group) is 1. The standard InChI is InChI=1S/C16H19N3O5S/c1-4-10(2)17-16(20)13-8-12(18-25(21,22)19(13)3)11-5-6-14-15(7-11)24-9-23-14/h5-8,10H,4,9H2,1-3H3,(H,17,20)/t10-/m0/s1. The lowest BCUT2D eigenvalue weighted by atomic mass is 10.1. The Morgan fingerprint density at radius 2 is 2.08 bits per heavy atom. The van der Waals surface area contributed by atoms with Crippen LogP contribution in [-0.2, 0) is 15.0 Å². The number of benzene rings is 1. The first-order chi connectivity index (χ1) is 11.8. The molecule has 2 aliphatic rings. The van der Waals surface area contributed by atoms with E-state index in [2.05, 4.69) is 9.71 Å². The van der Waals surface area contributed by atoms with Crippen LogP contribution in [0.5, 0.6) is 11.5 Å². The first-order valence-corrected chi connectivity index (χ1v) is 9.23. The molecule has 0 radical (unpaired) electrons. The Balaban J connectivity index is 1.99. The van der Waals surface area contributed by atoms with E-state index in [4.69, 9.17) is 9.47 Å². The molecule has 0 bridgehead atoms. The molecule has 8 nitrogen and oxygen atoms in total. The van der Waals surface area contributed by atoms with Gasteiger partial charge in [-0.2, -0.15) is 8.42 Å². The predicted molar refractivity (Wildman–Crippen MR) is 91.8 cm³/mol. The van der Waals surface area contributed by atoms with Gasteiger partial charge in [-0.05, 0) is 37.6 Å². The number of carbonyl (C=O) groups excluding carboxylic acids is 1. The molecule has 3 rings (SSSR count). The third kappa shape index (κ3) is 3.32. The summed E-state index contributed by atoms with van der Waals surface area (Å²) in [5, 5.41) is 2.77. The lowest BCUT2D eigenvalue weighted by Gasteiger charge is -2.24. The fraction of sp³-hybridized carbons (Fsp3) is 0.375. The minimum atomic E-state index is -3.99. The highest BCUT2D eigenvalue weighted by Crippen LogP contribution is 2.33. The molecule has 0 saturated heterocycles. The molecule has 1 aromatic carbocycles. The molecule has 25 heavy (non-hydrogen) atoms. The van der Waals surface area contributed by atoms with E-state index in [0.29, 0.717) is 17.1 Å². The number of hydrogen-bond acceptors (Lipinski definition) is 5. The highest BCUT2D eigenvalue weighted by molar-refractivity contribution is 7.88. The summed E-state index contributed by atoms with van der Waals surface area (Å²) >= 11 is 0. The molecular weight excluding hydrogens is 346 g/mol. The van der Waals surface area contributed by atoms with Crippen molar-refractivity contribution in [3.8, 4) is 11.5 Å². The van der Waals surface area contributed by atoms with Gasteiger partial charge in [0.05, 0.1) is 5.71 Å². The zero-order chi connectivity index (χ0) is 18.2. The maximum atomic E-state index is 12.4. The van der Waals surface area contributed by atoms with E-state index >= 15 is 0 Å². The molecule has 0 aromatic heterocycles. The Morgan fingerprint density at radius 1 is 1.36 bits per heavy atom. The number of carbonyl (C=O) groups is 1. The zero-order valence-corrected chi connectivity index (χ0v) is 15.0. The maximum Gasteiger partial charge on any atom is 0.345 e. The Morgan fingerprint density at radius 3 is 2.80 bits per heavy atom. The molecule has 0 spiro atoms. The molecule has 0 fully saturated rings. The van der Waals surface area contributed by atoms with E-state index in [-0.39, 0.29) is 24.2 Å². The summed E-state index contributed by atoms with van der Waals surface area (Å²) in [6.45, 7) is 3.90. The number of allylic oxidation sites excluding steroid dienone is 1. The van der Waals surface area contributed by atoms with E-state index in [0.717, 1.165) is 10.7 Å². The second-order valence-corrected chi connectivity index (χ2v) is 7.43. The van der Waals surface area contributed by atoms with Crippen molar-refractivity contribution in [1.82, 2.24) is 9.62 Å². The van der Waals surface area contributed by atoms with Crippen LogP contribution in [0.2, 0.25) is 0 Å². The third-order valence-electron chi connectivity index (χ3n) is 4.06. The SMILES string of the molecule is CC[C@H](C)NC(=O)C1=CC(c2ccc3c(c2)OCO3)=NS(=O)(=O)N1C. The summed E-state index contributed by atoms with van der Waals surface area (Å²) in [7, 11) is -2.69. The second-order valence-electron chi connectivity index (χ2n) is 5.80. The Kier molecular flexibility index (Phi) is 4.42. The van der Waals surface area contributed by atoms with E-state index in [1.54, 1.807) is 18.2 Å². The van der Waals surface area contributed by atoms with Crippen LogP contribution < -0.4 is 14.8 Å². The monoisotopic (exact) mass is 365 g/mol. The molecule has 2 aliphatic heterocycles. The summed E-state index contributed by atoms with van der Waals surface area (Å²) in [6, 6.07) is 4.92. The van der Waals surface area contributed by atoms with Crippen LogP contribution in [0.4, 0.5) is 0 Å². The van der Waals surface area contributed by atoms with Gasteiger partial charge in [0.1, 0.15) is 5.70 Å². The highest BCUT2D eigenvalue weighted by atomic mass is 32.2. The van der Waals surface area contributed by atoms with Gasteiger partial charge in [-0.15, -0.1) is 4.40 Å². The van der Waals surface area contributed by atoms with Crippen LogP contribution in [0.25, 0.3) is 0 Å². The molecule has 2 heterocycles. The molecule has 9 heteroatoms. The molecular formula is C16H19N3O5S. The van der Waals surface area contributed by atoms with E-state index in [1.807, 2.05) is 13.8 Å². The Hall–Kier alpha value is -2.55. The van der Waals surface area contributed by atoms with Gasteiger partial charge in [0.15, 0.2) is 11.5 Å². The van der Waals surface area contributed by atoms with Gasteiger partial charge in [-0.3, -0.25) is 4.79 Å². The topological polar surface area (TPSA) is 97.3 Å². The van der Waals surface area contributed by atoms with E-state index in [1.165, 1.54) is 13.1 Å². The van der Waals surface area contributed by atoms with Gasteiger partial charge in [0, 0.05) is 18.7 Å². The van der Waals surface area contributed by atoms with Gasteiger partial charge in [-0.1, -0.05) is 6.92 Å². The van der Waals surface area contributed by atoms with Crippen LogP contribution in [0, 0.1) is 0 Å². The number of ether oxygens (including phenoxy) is 2. The first-order valence-electron chi connectivity index (χ1n) is 7.83. The number of amides is 1. The van der Waals surface area contributed by atoms with E-state index in [9.17, 15) is 13.2 Å². The van der Waals surface area contributed by atoms with Gasteiger partial charge in [0.2, 0.25) is 6.79 Å². The smallest absolute Gasteiger partial charge is 0.345 e. The number of hydrogen-bond donors (Lipinski definition) is 1. The Labute approximate surface area is 146 Å². The second kappa shape index (κ2) is 6.40. The quantitative estimate of drug-likeness (QED) is 0.864. The van der Waals surface area contributed by atoms with Crippen LogP contribution in [0.1, 0.15) is 25.8 Å². The fourth-order valence-corrected chi connectivity index (χ4v) is 3.27. The number of fused-ring (bicyclic) bond motifs is 1. The largest absolute Gasteiger partial charge is 0.454 e. The minimum absolute atomic E-state index is 0.0166. The normalized spacial score (nSPS) is 19.1. The molecule has 0 saturated carbocycles. The number of rotatable bonds is 4. The molecule has 1 amide bonds. The van der Waals surface area contributed by atoms with Crippen LogP contribution in [-0.4, -0.2) is 44.2 Å². The van der Waals surface area contributed by atoms with Crippen molar-refractivity contribution in [3.63, 3.8) is 0 Å². The maximum absolute atomic E-state index is 12.4. The van der Waals surface area contributed by atoms with Crippen molar-refractivity contribution in [1.29, 1.82) is 0 Å². The van der Waals surface area contributed by atoms with Gasteiger partial charge >= 0.3 is 10.2 Å². The average Bonchev–Trinajstić information content (AvgIpc) is 3.04. The number of nitrogens with one attached hydrogen (secondary N) is 1. The molecule has 0 aliphatic carbocycles. The van der Waals surface area contributed by atoms with Crippen molar-refractivity contribution in [3.05, 3.63) is 35.5 Å². The minimum Gasteiger partial charge on any atom is -0.454 e. The van der Waals surface area contributed by atoms with Gasteiger partial charge < -0.3 is 14.8 Å². The van der Waals surface area contributed by atoms with Crippen LogP contribution in [0.3, 0.4) is 0 Å². The molecule has 134 valence electrons. The molecule has 1 atom stereocenters. The summed E-state index contributed by atoms with van der Waals surface area (Å²) in [5.41, 5.74) is 0.712. The van der Waals surface area contributed by atoms with Crippen LogP contribution in [0.15, 0.2) is 34.4 Å². The molecule has 1 N–H and O–H groups in total. The lowest BCUT2D eigenvalue weighted by molar-refractivity contribution is -0.119. The van der Waals surface area contributed by atoms with Crippen LogP contribution >= 0.6 is 0 Å². The van der Waals surface area contributed by atoms with Crippen molar-refractivity contribution in [2.24, 2.45) is 4.40 Å². The van der Waals surface area contributed by atoms with E-state index < -0.39 is 16.1 Å². The van der Waals surface area contributed by atoms with Crippen molar-refractivity contribution >= 4 is 21.8 Å². The Bertz CT molecular complexity index is 876. The summed E-state index contributed by atoms with van der Waals surface area (Å²) in [6.07, 6.45) is 2.19. The predicted octanol–water partition coefficient (Wildman–Crippen LogP) is 1.19. The average molecular weight is 365 g/mol. The summed E-state index contributed by atoms with van der Waals surface area (Å²) in [4.78, 5) is 12.4. The lowest BCUT2D eigenvalue weighted by Crippen LogP contribution is -2.41. The number of nitrogens with zero attached hydrogens (tertiary/aromatic N) is 2. The highest BCUT2D eigenvalue weighted by Gasteiger charge is 2.30. The zero-order valence-electron chi connectivity index (χ0n) is 14.1. The first kappa shape index (κ1) is 17.3. The molecule has 0 unspecified atom stereocenters. The third-order valence-corrected chi connectivity index (χ3v) is 5.38. The van der Waals surface area contributed by atoms with Crippen molar-refractivity contribution in [2.45, 2.75) is 26.3 Å². The molecule has 1 aromatic rings. The summed E-state index contributed by atoms with van der Waals surface area (Å²) < 4.78 is 39.9. The van der Waals surface area contributed by atoms with Crippen molar-refractivity contribution in [2.75, 3.05) is 13.8 Å². The van der Waals surface area contributed by atoms with Crippen molar-refractivity contribution < 1.29 is 22.7 Å². The fourth-order valence-electron chi connectivity index (χ4n) is 2.36. The van der Waals surface area contributed by atoms with Gasteiger partial charge in [0.25, 0.3) is 5.91 Å². The summed E-state index contributed by atoms with van der Waals surface area (Å²) in [5.74, 6) is 0.628. The van der Waals surface area contributed by atoms with Gasteiger partial charge in [-0.25, -0.2) is 4.31 Å².